The second-order valence-electron chi connectivity index (χ2n) is 6.18. The minimum atomic E-state index is -0.671. The summed E-state index contributed by atoms with van der Waals surface area (Å²) in [5.41, 5.74) is 2.49. The fraction of sp³-hybridized carbons (Fsp3) is 0.190. The molecule has 1 heterocycles. The topological polar surface area (TPSA) is 73.2 Å². The van der Waals surface area contributed by atoms with Gasteiger partial charge in [-0.25, -0.2) is 4.68 Å². The summed E-state index contributed by atoms with van der Waals surface area (Å²) < 4.78 is 7.42. The Labute approximate surface area is 157 Å². The molecule has 1 aromatic heterocycles. The largest absolute Gasteiger partial charge is 0.481 e. The van der Waals surface area contributed by atoms with Gasteiger partial charge in [-0.2, -0.15) is 5.10 Å². The molecule has 0 aliphatic rings. The Kier molecular flexibility index (Phi) is 5.66. The van der Waals surface area contributed by atoms with Crippen molar-refractivity contribution in [2.45, 2.75) is 26.5 Å². The molecule has 0 bridgehead atoms. The van der Waals surface area contributed by atoms with Crippen molar-refractivity contribution in [2.75, 3.05) is 0 Å². The average molecular weight is 363 g/mol. The van der Waals surface area contributed by atoms with Crippen LogP contribution >= 0.6 is 0 Å². The van der Waals surface area contributed by atoms with Gasteiger partial charge in [-0.05, 0) is 49.7 Å². The van der Waals surface area contributed by atoms with Crippen LogP contribution in [0.4, 0.5) is 0 Å². The van der Waals surface area contributed by atoms with Crippen molar-refractivity contribution in [3.05, 3.63) is 78.1 Å². The molecule has 0 fully saturated rings. The Morgan fingerprint density at radius 1 is 1.15 bits per heavy atom. The minimum absolute atomic E-state index is 0.0453. The van der Waals surface area contributed by atoms with Gasteiger partial charge in [-0.1, -0.05) is 24.3 Å². The first kappa shape index (κ1) is 18.4. The molecule has 1 amide bonds. The van der Waals surface area contributed by atoms with Gasteiger partial charge < -0.3 is 10.1 Å². The first-order chi connectivity index (χ1) is 13.0. The third-order valence-electron chi connectivity index (χ3n) is 4.09. The molecule has 0 aliphatic carbocycles. The average Bonchev–Trinajstić information content (AvgIpc) is 3.21. The number of aromatic nitrogens is 2. The molecule has 0 saturated carbocycles. The molecule has 1 N–H and O–H groups in total. The van der Waals surface area contributed by atoms with Crippen LogP contribution in [0, 0.1) is 0 Å². The van der Waals surface area contributed by atoms with Crippen molar-refractivity contribution in [1.29, 1.82) is 0 Å². The molecule has 6 nitrogen and oxygen atoms in total. The summed E-state index contributed by atoms with van der Waals surface area (Å²) in [6.07, 6.45) is 2.92. The number of ether oxygens (including phenoxy) is 1. The number of benzene rings is 2. The molecule has 3 rings (SSSR count). The predicted molar refractivity (Wildman–Crippen MR) is 102 cm³/mol. The highest BCUT2D eigenvalue weighted by Gasteiger charge is 2.15. The zero-order chi connectivity index (χ0) is 19.2. The van der Waals surface area contributed by atoms with E-state index in [0.717, 1.165) is 11.3 Å². The number of rotatable bonds is 7. The standard InChI is InChI=1S/C21H21N3O3/c1-15(25)18-5-3-6-20(13-18)27-16(2)21(26)22-14-17-7-9-19(10-8-17)24-12-4-11-23-24/h3-13,16H,14H2,1-2H3,(H,22,26). The van der Waals surface area contributed by atoms with E-state index < -0.39 is 6.10 Å². The molecule has 0 aliphatic heterocycles. The van der Waals surface area contributed by atoms with Crippen LogP contribution in [0.3, 0.4) is 0 Å². The van der Waals surface area contributed by atoms with Crippen LogP contribution in [-0.2, 0) is 11.3 Å². The van der Waals surface area contributed by atoms with Crippen LogP contribution in [0.25, 0.3) is 5.69 Å². The zero-order valence-corrected chi connectivity index (χ0v) is 15.3. The first-order valence-corrected chi connectivity index (χ1v) is 8.67. The maximum atomic E-state index is 12.3. The van der Waals surface area contributed by atoms with E-state index in [0.29, 0.717) is 17.9 Å². The van der Waals surface area contributed by atoms with Crippen molar-refractivity contribution >= 4 is 11.7 Å². The molecule has 1 atom stereocenters. The number of nitrogens with zero attached hydrogens (tertiary/aromatic N) is 2. The van der Waals surface area contributed by atoms with Gasteiger partial charge in [-0.3, -0.25) is 9.59 Å². The third-order valence-corrected chi connectivity index (χ3v) is 4.09. The van der Waals surface area contributed by atoms with E-state index in [1.165, 1.54) is 6.92 Å². The number of carbonyl (C=O) groups excluding carboxylic acids is 2. The second-order valence-corrected chi connectivity index (χ2v) is 6.18. The SMILES string of the molecule is CC(=O)c1cccc(OC(C)C(=O)NCc2ccc(-n3cccn3)cc2)c1. The number of ketones is 1. The van der Waals surface area contributed by atoms with Crippen LogP contribution < -0.4 is 10.1 Å². The van der Waals surface area contributed by atoms with Crippen molar-refractivity contribution in [2.24, 2.45) is 0 Å². The van der Waals surface area contributed by atoms with Gasteiger partial charge in [0.1, 0.15) is 5.75 Å². The summed E-state index contributed by atoms with van der Waals surface area (Å²) in [5.74, 6) is 0.226. The maximum Gasteiger partial charge on any atom is 0.261 e. The van der Waals surface area contributed by atoms with Crippen LogP contribution in [0.2, 0.25) is 0 Å². The molecule has 0 radical (unpaired) electrons. The zero-order valence-electron chi connectivity index (χ0n) is 15.3. The molecular formula is C21H21N3O3. The predicted octanol–water partition coefficient (Wildman–Crippen LogP) is 3.16. The van der Waals surface area contributed by atoms with Gasteiger partial charge in [0.15, 0.2) is 11.9 Å². The van der Waals surface area contributed by atoms with Gasteiger partial charge >= 0.3 is 0 Å². The van der Waals surface area contributed by atoms with Crippen LogP contribution in [0.15, 0.2) is 67.0 Å². The van der Waals surface area contributed by atoms with E-state index in [1.54, 1.807) is 42.1 Å². The Bertz CT molecular complexity index is 918. The molecule has 138 valence electrons. The summed E-state index contributed by atoms with van der Waals surface area (Å²) in [4.78, 5) is 23.7. The van der Waals surface area contributed by atoms with Crippen molar-refractivity contribution in [1.82, 2.24) is 15.1 Å². The number of Topliss-reactive ketones (excluding diaryl/α,β-unsaturated/α-hetero) is 1. The lowest BCUT2D eigenvalue weighted by Crippen LogP contribution is -2.35. The van der Waals surface area contributed by atoms with Crippen molar-refractivity contribution < 1.29 is 14.3 Å². The fourth-order valence-electron chi connectivity index (χ4n) is 2.57. The van der Waals surface area contributed by atoms with Crippen LogP contribution in [0.1, 0.15) is 29.8 Å². The number of nitrogens with one attached hydrogen (secondary N) is 1. The smallest absolute Gasteiger partial charge is 0.261 e. The lowest BCUT2D eigenvalue weighted by molar-refractivity contribution is -0.127. The highest BCUT2D eigenvalue weighted by Crippen LogP contribution is 2.15. The summed E-state index contributed by atoms with van der Waals surface area (Å²) in [6.45, 7) is 3.57. The lowest BCUT2D eigenvalue weighted by Gasteiger charge is -2.15. The molecule has 0 spiro atoms. The van der Waals surface area contributed by atoms with Crippen LogP contribution in [-0.4, -0.2) is 27.6 Å². The van der Waals surface area contributed by atoms with Gasteiger partial charge in [0.25, 0.3) is 5.91 Å². The normalized spacial score (nSPS) is 11.6. The number of carbonyl (C=O) groups is 2. The molecule has 27 heavy (non-hydrogen) atoms. The molecule has 1 unspecified atom stereocenters. The first-order valence-electron chi connectivity index (χ1n) is 8.67. The third kappa shape index (κ3) is 4.82. The summed E-state index contributed by atoms with van der Waals surface area (Å²) in [5, 5.41) is 7.04. The lowest BCUT2D eigenvalue weighted by atomic mass is 10.1. The van der Waals surface area contributed by atoms with Gasteiger partial charge in [-0.15, -0.1) is 0 Å². The Morgan fingerprint density at radius 3 is 2.59 bits per heavy atom. The summed E-state index contributed by atoms with van der Waals surface area (Å²) in [6, 6.07) is 16.5. The van der Waals surface area contributed by atoms with Crippen LogP contribution in [0.5, 0.6) is 5.75 Å². The van der Waals surface area contributed by atoms with E-state index in [-0.39, 0.29) is 11.7 Å². The highest BCUT2D eigenvalue weighted by atomic mass is 16.5. The number of hydrogen-bond donors (Lipinski definition) is 1. The van der Waals surface area contributed by atoms with E-state index >= 15 is 0 Å². The Balaban J connectivity index is 1.54. The molecular weight excluding hydrogens is 342 g/mol. The number of amides is 1. The quantitative estimate of drug-likeness (QED) is 0.655. The highest BCUT2D eigenvalue weighted by molar-refractivity contribution is 5.94. The summed E-state index contributed by atoms with van der Waals surface area (Å²) in [7, 11) is 0. The molecule has 2 aromatic carbocycles. The minimum Gasteiger partial charge on any atom is -0.481 e. The van der Waals surface area contributed by atoms with Gasteiger partial charge in [0, 0.05) is 24.5 Å². The molecule has 6 heteroatoms. The van der Waals surface area contributed by atoms with Crippen molar-refractivity contribution in [3.63, 3.8) is 0 Å². The van der Waals surface area contributed by atoms with E-state index in [4.69, 9.17) is 4.74 Å². The Hall–Kier alpha value is -3.41. The monoisotopic (exact) mass is 363 g/mol. The fourth-order valence-corrected chi connectivity index (χ4v) is 2.57. The van der Waals surface area contributed by atoms with E-state index in [2.05, 4.69) is 10.4 Å². The van der Waals surface area contributed by atoms with E-state index in [9.17, 15) is 9.59 Å². The number of hydrogen-bond acceptors (Lipinski definition) is 4. The second kappa shape index (κ2) is 8.31. The maximum absolute atomic E-state index is 12.3. The van der Waals surface area contributed by atoms with Gasteiger partial charge in [0.2, 0.25) is 0 Å². The molecule has 0 saturated heterocycles. The summed E-state index contributed by atoms with van der Waals surface area (Å²) >= 11 is 0. The van der Waals surface area contributed by atoms with E-state index in [1.807, 2.05) is 36.5 Å². The molecule has 3 aromatic rings. The van der Waals surface area contributed by atoms with Crippen molar-refractivity contribution in [3.8, 4) is 11.4 Å². The van der Waals surface area contributed by atoms with Gasteiger partial charge in [0.05, 0.1) is 5.69 Å². The Morgan fingerprint density at radius 2 is 1.93 bits per heavy atom.